The lowest BCUT2D eigenvalue weighted by Gasteiger charge is -2.23. The van der Waals surface area contributed by atoms with Gasteiger partial charge in [-0.3, -0.25) is 4.79 Å². The second kappa shape index (κ2) is 5.03. The van der Waals surface area contributed by atoms with Crippen LogP contribution in [0.3, 0.4) is 0 Å². The number of methoxy groups -OCH3 is 1. The molecule has 0 amide bonds. The molecule has 2 heterocycles. The molecule has 0 saturated carbocycles. The zero-order chi connectivity index (χ0) is 14.0. The van der Waals surface area contributed by atoms with Crippen molar-refractivity contribution in [3.63, 3.8) is 0 Å². The van der Waals surface area contributed by atoms with Crippen LogP contribution in [0.15, 0.2) is 6.07 Å². The fraction of sp³-hybridized carbons (Fsp3) is 0.615. The first-order valence-corrected chi connectivity index (χ1v) is 6.39. The van der Waals surface area contributed by atoms with Gasteiger partial charge in [-0.15, -0.1) is 0 Å². The van der Waals surface area contributed by atoms with Gasteiger partial charge in [0.15, 0.2) is 0 Å². The molecule has 0 aliphatic carbocycles. The third-order valence-electron chi connectivity index (χ3n) is 3.80. The van der Waals surface area contributed by atoms with E-state index in [1.54, 1.807) is 13.2 Å². The van der Waals surface area contributed by atoms with Crippen molar-refractivity contribution in [3.05, 3.63) is 11.8 Å². The van der Waals surface area contributed by atoms with Gasteiger partial charge in [0.05, 0.1) is 12.5 Å². The number of anilines is 1. The zero-order valence-electron chi connectivity index (χ0n) is 11.5. The van der Waals surface area contributed by atoms with Gasteiger partial charge in [0.25, 0.3) is 0 Å². The highest BCUT2D eigenvalue weighted by atomic mass is 16.5. The Hall–Kier alpha value is -1.85. The molecule has 0 aromatic carbocycles. The second-order valence-electron chi connectivity index (χ2n) is 4.96. The summed E-state index contributed by atoms with van der Waals surface area (Å²) >= 11 is 0. The van der Waals surface area contributed by atoms with Gasteiger partial charge in [-0.25, -0.2) is 4.98 Å². The smallest absolute Gasteiger partial charge is 0.311 e. The van der Waals surface area contributed by atoms with Crippen LogP contribution in [-0.4, -0.2) is 41.2 Å². The summed E-state index contributed by atoms with van der Waals surface area (Å²) in [5.41, 5.74) is 0.131. The van der Waals surface area contributed by atoms with Crippen LogP contribution in [0.4, 0.5) is 5.95 Å². The summed E-state index contributed by atoms with van der Waals surface area (Å²) in [4.78, 5) is 22.0. The molecular formula is C13H19N3O3. The molecule has 19 heavy (non-hydrogen) atoms. The molecule has 1 atom stereocenters. The molecule has 0 radical (unpaired) electrons. The van der Waals surface area contributed by atoms with Gasteiger partial charge in [-0.1, -0.05) is 6.92 Å². The first-order valence-electron chi connectivity index (χ1n) is 6.39. The van der Waals surface area contributed by atoms with Crippen molar-refractivity contribution in [2.45, 2.75) is 26.7 Å². The van der Waals surface area contributed by atoms with Crippen molar-refractivity contribution in [3.8, 4) is 5.88 Å². The van der Waals surface area contributed by atoms with Gasteiger partial charge in [-0.2, -0.15) is 4.98 Å². The lowest BCUT2D eigenvalue weighted by atomic mass is 9.84. The lowest BCUT2D eigenvalue weighted by molar-refractivity contribution is -0.147. The fourth-order valence-electron chi connectivity index (χ4n) is 2.43. The lowest BCUT2D eigenvalue weighted by Crippen LogP contribution is -2.34. The van der Waals surface area contributed by atoms with Crippen molar-refractivity contribution in [1.82, 2.24) is 9.97 Å². The summed E-state index contributed by atoms with van der Waals surface area (Å²) in [6.07, 6.45) is 1.24. The van der Waals surface area contributed by atoms with E-state index in [4.69, 9.17) is 4.74 Å². The molecule has 1 unspecified atom stereocenters. The van der Waals surface area contributed by atoms with Crippen LogP contribution in [0.25, 0.3) is 0 Å². The van der Waals surface area contributed by atoms with Crippen molar-refractivity contribution in [2.24, 2.45) is 5.41 Å². The van der Waals surface area contributed by atoms with Crippen LogP contribution in [-0.2, 0) is 4.79 Å². The summed E-state index contributed by atoms with van der Waals surface area (Å²) < 4.78 is 5.13. The van der Waals surface area contributed by atoms with Crippen LogP contribution >= 0.6 is 0 Å². The Kier molecular flexibility index (Phi) is 3.59. The number of carbonyl (C=O) groups is 1. The highest BCUT2D eigenvalue weighted by Gasteiger charge is 2.44. The van der Waals surface area contributed by atoms with Crippen LogP contribution in [0.2, 0.25) is 0 Å². The van der Waals surface area contributed by atoms with Crippen molar-refractivity contribution < 1.29 is 14.6 Å². The highest BCUT2D eigenvalue weighted by molar-refractivity contribution is 5.76. The monoisotopic (exact) mass is 265 g/mol. The second-order valence-corrected chi connectivity index (χ2v) is 4.96. The molecule has 1 aliphatic heterocycles. The van der Waals surface area contributed by atoms with Gasteiger partial charge in [0.2, 0.25) is 11.8 Å². The number of hydrogen-bond donors (Lipinski definition) is 1. The third kappa shape index (κ3) is 2.47. The first-order chi connectivity index (χ1) is 9.00. The molecule has 1 N–H and O–H groups in total. The summed E-state index contributed by atoms with van der Waals surface area (Å²) in [5.74, 6) is 0.317. The number of aliphatic carboxylic acids is 1. The Morgan fingerprint density at radius 2 is 2.32 bits per heavy atom. The van der Waals surface area contributed by atoms with E-state index in [-0.39, 0.29) is 0 Å². The molecule has 104 valence electrons. The van der Waals surface area contributed by atoms with Crippen molar-refractivity contribution >= 4 is 11.9 Å². The molecule has 0 spiro atoms. The fourth-order valence-corrected chi connectivity index (χ4v) is 2.43. The Morgan fingerprint density at radius 1 is 1.58 bits per heavy atom. The van der Waals surface area contributed by atoms with E-state index < -0.39 is 11.4 Å². The molecule has 6 heteroatoms. The van der Waals surface area contributed by atoms with Crippen LogP contribution in [0, 0.1) is 12.3 Å². The molecule has 0 bridgehead atoms. The molecule has 1 aliphatic rings. The average Bonchev–Trinajstić information content (AvgIpc) is 2.83. The number of aryl methyl sites for hydroxylation is 1. The minimum Gasteiger partial charge on any atom is -0.481 e. The number of carboxylic acids is 1. The normalized spacial score (nSPS) is 22.6. The van der Waals surface area contributed by atoms with Crippen LogP contribution < -0.4 is 9.64 Å². The first kappa shape index (κ1) is 13.6. The predicted octanol–water partition coefficient (Wildman–Crippen LogP) is 1.48. The summed E-state index contributed by atoms with van der Waals surface area (Å²) in [6.45, 7) is 4.89. The van der Waals surface area contributed by atoms with Crippen LogP contribution in [0.5, 0.6) is 5.88 Å². The number of rotatable bonds is 4. The Labute approximate surface area is 112 Å². The number of hydrogen-bond acceptors (Lipinski definition) is 5. The third-order valence-corrected chi connectivity index (χ3v) is 3.80. The van der Waals surface area contributed by atoms with E-state index in [1.165, 1.54) is 0 Å². The maximum Gasteiger partial charge on any atom is 0.311 e. The maximum absolute atomic E-state index is 11.4. The summed E-state index contributed by atoms with van der Waals surface area (Å²) in [7, 11) is 1.56. The van der Waals surface area contributed by atoms with E-state index >= 15 is 0 Å². The molecular weight excluding hydrogens is 246 g/mol. The minimum atomic E-state index is -0.739. The van der Waals surface area contributed by atoms with Gasteiger partial charge >= 0.3 is 5.97 Å². The molecule has 1 aromatic heterocycles. The standard InChI is InChI=1S/C13H19N3O3/c1-4-13(11(17)18)5-6-16(8-13)12-14-9(2)7-10(15-12)19-3/h7H,4-6,8H2,1-3H3,(H,17,18). The average molecular weight is 265 g/mol. The van der Waals surface area contributed by atoms with E-state index in [0.717, 1.165) is 5.69 Å². The topological polar surface area (TPSA) is 75.5 Å². The summed E-state index contributed by atoms with van der Waals surface area (Å²) in [5, 5.41) is 9.39. The number of ether oxygens (including phenoxy) is 1. The van der Waals surface area contributed by atoms with Crippen LogP contribution in [0.1, 0.15) is 25.5 Å². The minimum absolute atomic E-state index is 0.450. The largest absolute Gasteiger partial charge is 0.481 e. The Morgan fingerprint density at radius 3 is 2.84 bits per heavy atom. The number of carboxylic acid groups (broad SMARTS) is 1. The van der Waals surface area contributed by atoms with E-state index in [9.17, 15) is 9.90 Å². The predicted molar refractivity (Wildman–Crippen MR) is 70.5 cm³/mol. The highest BCUT2D eigenvalue weighted by Crippen LogP contribution is 2.35. The van der Waals surface area contributed by atoms with Crippen molar-refractivity contribution in [2.75, 3.05) is 25.1 Å². The van der Waals surface area contributed by atoms with Gasteiger partial charge in [-0.05, 0) is 19.8 Å². The maximum atomic E-state index is 11.4. The molecule has 1 fully saturated rings. The van der Waals surface area contributed by atoms with E-state index in [1.807, 2.05) is 18.7 Å². The molecule has 6 nitrogen and oxygen atoms in total. The number of aromatic nitrogens is 2. The zero-order valence-corrected chi connectivity index (χ0v) is 11.5. The van der Waals surface area contributed by atoms with Gasteiger partial charge in [0, 0.05) is 24.8 Å². The van der Waals surface area contributed by atoms with E-state index in [2.05, 4.69) is 9.97 Å². The Bertz CT molecular complexity index is 492. The molecule has 2 rings (SSSR count). The van der Waals surface area contributed by atoms with Gasteiger partial charge < -0.3 is 14.7 Å². The quantitative estimate of drug-likeness (QED) is 0.888. The Balaban J connectivity index is 2.25. The molecule has 1 aromatic rings. The molecule has 1 saturated heterocycles. The SMILES string of the molecule is CCC1(C(=O)O)CCN(c2nc(C)cc(OC)n2)C1. The number of nitrogens with zero attached hydrogens (tertiary/aromatic N) is 3. The van der Waals surface area contributed by atoms with E-state index in [0.29, 0.717) is 37.8 Å². The van der Waals surface area contributed by atoms with Crippen molar-refractivity contribution in [1.29, 1.82) is 0 Å². The van der Waals surface area contributed by atoms with Gasteiger partial charge in [0.1, 0.15) is 0 Å². The summed E-state index contributed by atoms with van der Waals surface area (Å²) in [6, 6.07) is 1.75.